The first-order valence-corrected chi connectivity index (χ1v) is 9.06. The van der Waals surface area contributed by atoms with Gasteiger partial charge in [0.15, 0.2) is 28.7 Å². The van der Waals surface area contributed by atoms with Crippen LogP contribution in [0, 0.1) is 17.8 Å². The summed E-state index contributed by atoms with van der Waals surface area (Å²) in [5.41, 5.74) is -0.653. The van der Waals surface area contributed by atoms with Gasteiger partial charge in [0.05, 0.1) is 5.92 Å². The molecule has 1 unspecified atom stereocenters. The molecule has 1 rings (SSSR count). The zero-order valence-electron chi connectivity index (χ0n) is 16.6. The number of aliphatic hydroxyl groups is 1. The van der Waals surface area contributed by atoms with Crippen LogP contribution in [0.15, 0.2) is 23.3 Å². The molecule has 0 aliphatic heterocycles. The maximum atomic E-state index is 12.8. The van der Waals surface area contributed by atoms with E-state index < -0.39 is 40.6 Å². The SMILES string of the molecule is CC(C)=CCC(=O)[C@@]1(O)C(=O)C(C(=O)CC(C)C)C(=O)[C@H]1CC=C(C)C. The second-order valence-electron chi connectivity index (χ2n) is 8.01. The van der Waals surface area contributed by atoms with Crippen molar-refractivity contribution in [2.75, 3.05) is 0 Å². The highest BCUT2D eigenvalue weighted by Crippen LogP contribution is 2.39. The number of carbonyl (C=O) groups excluding carboxylic acids is 4. The number of hydrogen-bond acceptors (Lipinski definition) is 5. The molecule has 1 N–H and O–H groups in total. The van der Waals surface area contributed by atoms with Crippen molar-refractivity contribution in [2.45, 2.75) is 66.4 Å². The molecular weight excluding hydrogens is 332 g/mol. The maximum Gasteiger partial charge on any atom is 0.192 e. The van der Waals surface area contributed by atoms with Crippen molar-refractivity contribution in [3.63, 3.8) is 0 Å². The van der Waals surface area contributed by atoms with Gasteiger partial charge in [-0.1, -0.05) is 37.1 Å². The van der Waals surface area contributed by atoms with Crippen LogP contribution in [0.3, 0.4) is 0 Å². The lowest BCUT2D eigenvalue weighted by Gasteiger charge is -2.25. The quantitative estimate of drug-likeness (QED) is 0.530. The molecule has 0 aromatic carbocycles. The average molecular weight is 362 g/mol. The van der Waals surface area contributed by atoms with E-state index in [-0.39, 0.29) is 25.2 Å². The van der Waals surface area contributed by atoms with Crippen LogP contribution in [0.4, 0.5) is 0 Å². The molecule has 3 atom stereocenters. The van der Waals surface area contributed by atoms with Crippen molar-refractivity contribution in [1.29, 1.82) is 0 Å². The number of ketones is 4. The largest absolute Gasteiger partial charge is 0.374 e. The highest BCUT2D eigenvalue weighted by molar-refractivity contribution is 6.33. The highest BCUT2D eigenvalue weighted by atomic mass is 16.3. The van der Waals surface area contributed by atoms with Crippen LogP contribution in [-0.2, 0) is 19.2 Å². The molecule has 0 saturated heterocycles. The van der Waals surface area contributed by atoms with Gasteiger partial charge in [0.25, 0.3) is 0 Å². The van der Waals surface area contributed by atoms with E-state index in [1.165, 1.54) is 0 Å². The lowest BCUT2D eigenvalue weighted by atomic mass is 9.81. The van der Waals surface area contributed by atoms with E-state index in [1.54, 1.807) is 26.0 Å². The molecule has 0 bridgehead atoms. The maximum absolute atomic E-state index is 12.8. The smallest absolute Gasteiger partial charge is 0.192 e. The van der Waals surface area contributed by atoms with E-state index in [0.717, 1.165) is 11.1 Å². The Kier molecular flexibility index (Phi) is 7.39. The number of rotatable bonds is 8. The highest BCUT2D eigenvalue weighted by Gasteiger charge is 2.64. The predicted molar refractivity (Wildman–Crippen MR) is 99.5 cm³/mol. The van der Waals surface area contributed by atoms with Gasteiger partial charge >= 0.3 is 0 Å². The molecule has 1 aliphatic carbocycles. The third-order valence-corrected chi connectivity index (χ3v) is 4.58. The summed E-state index contributed by atoms with van der Waals surface area (Å²) in [6.45, 7) is 10.9. The van der Waals surface area contributed by atoms with Crippen LogP contribution in [0.1, 0.15) is 60.8 Å². The second kappa shape index (κ2) is 8.67. The second-order valence-corrected chi connectivity index (χ2v) is 8.01. The van der Waals surface area contributed by atoms with E-state index in [0.29, 0.717) is 0 Å². The molecule has 1 fully saturated rings. The molecule has 0 aromatic rings. The first kappa shape index (κ1) is 22.2. The molecule has 0 radical (unpaired) electrons. The molecule has 5 nitrogen and oxygen atoms in total. The summed E-state index contributed by atoms with van der Waals surface area (Å²) >= 11 is 0. The number of hydrogen-bond donors (Lipinski definition) is 1. The van der Waals surface area contributed by atoms with E-state index >= 15 is 0 Å². The van der Waals surface area contributed by atoms with Crippen LogP contribution < -0.4 is 0 Å². The Morgan fingerprint density at radius 3 is 2.08 bits per heavy atom. The summed E-state index contributed by atoms with van der Waals surface area (Å²) in [7, 11) is 0. The van der Waals surface area contributed by atoms with Gasteiger partial charge < -0.3 is 5.11 Å². The fraction of sp³-hybridized carbons (Fsp3) is 0.619. The minimum absolute atomic E-state index is 0.0191. The zero-order valence-corrected chi connectivity index (χ0v) is 16.6. The summed E-state index contributed by atoms with van der Waals surface area (Å²) < 4.78 is 0. The van der Waals surface area contributed by atoms with Crippen LogP contribution in [-0.4, -0.2) is 33.8 Å². The number of allylic oxidation sites excluding steroid dienone is 4. The van der Waals surface area contributed by atoms with Crippen molar-refractivity contribution in [2.24, 2.45) is 17.8 Å². The number of Topliss-reactive ketones (excluding diaryl/α,β-unsaturated/α-hetero) is 4. The average Bonchev–Trinajstić information content (AvgIpc) is 2.69. The zero-order chi connectivity index (χ0) is 20.2. The summed E-state index contributed by atoms with van der Waals surface area (Å²) in [6, 6.07) is 0. The molecule has 26 heavy (non-hydrogen) atoms. The lowest BCUT2D eigenvalue weighted by Crippen LogP contribution is -2.49. The van der Waals surface area contributed by atoms with Crippen LogP contribution in [0.2, 0.25) is 0 Å². The van der Waals surface area contributed by atoms with Gasteiger partial charge in [-0.3, -0.25) is 19.2 Å². The van der Waals surface area contributed by atoms with E-state index in [2.05, 4.69) is 0 Å². The normalized spacial score (nSPS) is 25.4. The molecule has 1 saturated carbocycles. The van der Waals surface area contributed by atoms with Gasteiger partial charge in [-0.15, -0.1) is 0 Å². The minimum Gasteiger partial charge on any atom is -0.374 e. The summed E-state index contributed by atoms with van der Waals surface area (Å²) in [4.78, 5) is 50.8. The van der Waals surface area contributed by atoms with Crippen molar-refractivity contribution in [3.8, 4) is 0 Å². The molecule has 144 valence electrons. The first-order chi connectivity index (χ1) is 11.9. The Morgan fingerprint density at radius 2 is 1.62 bits per heavy atom. The van der Waals surface area contributed by atoms with Gasteiger partial charge in [0.2, 0.25) is 0 Å². The first-order valence-electron chi connectivity index (χ1n) is 9.06. The predicted octanol–water partition coefficient (Wildman–Crippen LogP) is 3.00. The van der Waals surface area contributed by atoms with Crippen molar-refractivity contribution >= 4 is 23.1 Å². The van der Waals surface area contributed by atoms with Crippen molar-refractivity contribution in [3.05, 3.63) is 23.3 Å². The van der Waals surface area contributed by atoms with E-state index in [9.17, 15) is 24.3 Å². The van der Waals surface area contributed by atoms with E-state index in [1.807, 2.05) is 27.7 Å². The molecule has 0 spiro atoms. The molecule has 0 heterocycles. The van der Waals surface area contributed by atoms with Gasteiger partial charge in [-0.2, -0.15) is 0 Å². The summed E-state index contributed by atoms with van der Waals surface area (Å²) in [5, 5.41) is 11.0. The Labute approximate surface area is 155 Å². The van der Waals surface area contributed by atoms with Gasteiger partial charge in [0, 0.05) is 12.8 Å². The van der Waals surface area contributed by atoms with E-state index in [4.69, 9.17) is 0 Å². The fourth-order valence-corrected chi connectivity index (χ4v) is 3.18. The Hall–Kier alpha value is -1.88. The van der Waals surface area contributed by atoms with Crippen molar-refractivity contribution in [1.82, 2.24) is 0 Å². The molecule has 1 aliphatic rings. The Balaban J connectivity index is 3.32. The topological polar surface area (TPSA) is 88.5 Å². The molecule has 0 aromatic heterocycles. The van der Waals surface area contributed by atoms with Gasteiger partial charge in [-0.05, 0) is 40.0 Å². The Bertz CT molecular complexity index is 660. The van der Waals surface area contributed by atoms with Gasteiger partial charge in [-0.25, -0.2) is 0 Å². The third-order valence-electron chi connectivity index (χ3n) is 4.58. The third kappa shape index (κ3) is 4.64. The standard InChI is InChI=1S/C21H30O5/c1-12(2)7-9-15-19(24)18(16(22)11-14(5)6)20(25)21(15,26)17(23)10-8-13(3)4/h7-8,14-15,18,26H,9-11H2,1-6H3/t15-,18?,21-/m1/s1. The number of carbonyl (C=O) groups is 4. The molecule has 0 amide bonds. The summed E-state index contributed by atoms with van der Waals surface area (Å²) in [5.74, 6) is -5.57. The minimum atomic E-state index is -2.42. The molecular formula is C21H30O5. The summed E-state index contributed by atoms with van der Waals surface area (Å²) in [6.07, 6.45) is 3.31. The lowest BCUT2D eigenvalue weighted by molar-refractivity contribution is -0.153. The van der Waals surface area contributed by atoms with Gasteiger partial charge in [0.1, 0.15) is 5.92 Å². The fourth-order valence-electron chi connectivity index (χ4n) is 3.18. The van der Waals surface area contributed by atoms with Crippen molar-refractivity contribution < 1.29 is 24.3 Å². The van der Waals surface area contributed by atoms with Crippen LogP contribution in [0.25, 0.3) is 0 Å². The molecule has 5 heteroatoms. The monoisotopic (exact) mass is 362 g/mol. The Morgan fingerprint density at radius 1 is 1.08 bits per heavy atom. The van der Waals surface area contributed by atoms with Crippen LogP contribution in [0.5, 0.6) is 0 Å². The van der Waals surface area contributed by atoms with Crippen LogP contribution >= 0.6 is 0 Å².